The highest BCUT2D eigenvalue weighted by atomic mass is 16.5. The van der Waals surface area contributed by atoms with Gasteiger partial charge in [-0.25, -0.2) is 0 Å². The first kappa shape index (κ1) is 18.6. The van der Waals surface area contributed by atoms with Crippen LogP contribution in [0.15, 0.2) is 65.3 Å². The van der Waals surface area contributed by atoms with Gasteiger partial charge < -0.3 is 19.4 Å². The van der Waals surface area contributed by atoms with Gasteiger partial charge in [-0.3, -0.25) is 14.4 Å². The number of anilines is 1. The van der Waals surface area contributed by atoms with Crippen molar-refractivity contribution in [3.05, 3.63) is 66.6 Å². The van der Waals surface area contributed by atoms with Crippen molar-refractivity contribution in [3.63, 3.8) is 0 Å². The number of carbonyl (C=O) groups is 3. The molecule has 7 heteroatoms. The standard InChI is InChI=1S/C24H22N2O5/c1-13-16(27)12-15(17-8-5-11-30-17)26-21(13)24-10-9-18(31-24)19(20(24)23(26)29)22(28)25-14-6-3-2-4-7-14/h2-11,13,15,18-21H,12H2,1H3,(H,25,28)/t13?,15?,18-,19?,20?,21?,24-/m0/s1. The Labute approximate surface area is 179 Å². The molecule has 1 spiro atoms. The van der Waals surface area contributed by atoms with Gasteiger partial charge in [-0.1, -0.05) is 37.3 Å². The lowest BCUT2D eigenvalue weighted by atomic mass is 9.70. The first-order valence-corrected chi connectivity index (χ1v) is 10.6. The van der Waals surface area contributed by atoms with Crippen molar-refractivity contribution in [1.82, 2.24) is 4.90 Å². The smallest absolute Gasteiger partial charge is 0.231 e. The highest BCUT2D eigenvalue weighted by Gasteiger charge is 2.74. The largest absolute Gasteiger partial charge is 0.467 e. The minimum Gasteiger partial charge on any atom is -0.467 e. The summed E-state index contributed by atoms with van der Waals surface area (Å²) in [4.78, 5) is 41.8. The Morgan fingerprint density at radius 1 is 1.16 bits per heavy atom. The Morgan fingerprint density at radius 3 is 2.71 bits per heavy atom. The van der Waals surface area contributed by atoms with Gasteiger partial charge in [-0.05, 0) is 24.3 Å². The van der Waals surface area contributed by atoms with Crippen molar-refractivity contribution < 1.29 is 23.5 Å². The molecule has 7 nitrogen and oxygen atoms in total. The molecule has 31 heavy (non-hydrogen) atoms. The van der Waals surface area contributed by atoms with E-state index in [0.717, 1.165) is 0 Å². The average Bonchev–Trinajstić information content (AvgIpc) is 3.54. The molecule has 2 aromatic rings. The number of rotatable bonds is 3. The van der Waals surface area contributed by atoms with Crippen molar-refractivity contribution in [2.75, 3.05) is 5.32 Å². The van der Waals surface area contributed by atoms with E-state index < -0.39 is 35.6 Å². The number of hydrogen-bond acceptors (Lipinski definition) is 5. The zero-order valence-corrected chi connectivity index (χ0v) is 16.9. The van der Waals surface area contributed by atoms with Crippen LogP contribution in [0, 0.1) is 17.8 Å². The van der Waals surface area contributed by atoms with Crippen LogP contribution in [0.5, 0.6) is 0 Å². The second kappa shape index (κ2) is 6.40. The molecule has 4 aliphatic rings. The van der Waals surface area contributed by atoms with Crippen LogP contribution in [0.4, 0.5) is 5.69 Å². The van der Waals surface area contributed by atoms with Crippen molar-refractivity contribution in [1.29, 1.82) is 0 Å². The predicted octanol–water partition coefficient (Wildman–Crippen LogP) is 2.72. The molecule has 3 saturated heterocycles. The number of hydrogen-bond donors (Lipinski definition) is 1. The molecule has 1 aromatic heterocycles. The maximum absolute atomic E-state index is 13.8. The summed E-state index contributed by atoms with van der Waals surface area (Å²) in [5.74, 6) is -1.44. The molecule has 0 aliphatic carbocycles. The van der Waals surface area contributed by atoms with Gasteiger partial charge >= 0.3 is 0 Å². The van der Waals surface area contributed by atoms with E-state index in [1.54, 1.807) is 23.3 Å². The molecule has 4 aliphatic heterocycles. The number of nitrogens with one attached hydrogen (secondary N) is 1. The second-order valence-electron chi connectivity index (χ2n) is 8.83. The van der Waals surface area contributed by atoms with Crippen molar-refractivity contribution in [2.45, 2.75) is 37.1 Å². The number of furan rings is 1. The maximum Gasteiger partial charge on any atom is 0.231 e. The van der Waals surface area contributed by atoms with Gasteiger partial charge in [-0.15, -0.1) is 0 Å². The zero-order chi connectivity index (χ0) is 21.3. The Hall–Kier alpha value is -3.19. The van der Waals surface area contributed by atoms with E-state index in [1.165, 1.54) is 0 Å². The number of ether oxygens (including phenoxy) is 1. The molecule has 2 amide bonds. The number of fused-ring (bicyclic) bond motifs is 2. The van der Waals surface area contributed by atoms with Gasteiger partial charge in [0.05, 0.1) is 36.3 Å². The fourth-order valence-electron chi connectivity index (χ4n) is 6.01. The van der Waals surface area contributed by atoms with Crippen LogP contribution in [0.2, 0.25) is 0 Å². The van der Waals surface area contributed by atoms with Gasteiger partial charge in [0.2, 0.25) is 11.8 Å². The fraction of sp³-hybridized carbons (Fsp3) is 0.375. The number of nitrogens with zero attached hydrogens (tertiary/aromatic N) is 1. The van der Waals surface area contributed by atoms with Gasteiger partial charge in [0, 0.05) is 18.0 Å². The normalized spacial score (nSPS) is 37.8. The van der Waals surface area contributed by atoms with Crippen molar-refractivity contribution in [3.8, 4) is 0 Å². The van der Waals surface area contributed by atoms with E-state index >= 15 is 0 Å². The molecule has 1 aromatic carbocycles. The molecular weight excluding hydrogens is 396 g/mol. The fourth-order valence-corrected chi connectivity index (χ4v) is 6.01. The SMILES string of the molecule is CC1C(=O)CC(c2ccco2)N2C(=O)C3C(C(=O)Nc4ccccc4)[C@@H]4C=C[C@@]3(O4)C12. The Morgan fingerprint density at radius 2 is 1.97 bits per heavy atom. The van der Waals surface area contributed by atoms with Gasteiger partial charge in [0.15, 0.2) is 0 Å². The molecule has 158 valence electrons. The van der Waals surface area contributed by atoms with Crippen LogP contribution in [0.1, 0.15) is 25.1 Å². The summed E-state index contributed by atoms with van der Waals surface area (Å²) in [6.07, 6.45) is 5.05. The maximum atomic E-state index is 13.8. The molecule has 5 unspecified atom stereocenters. The van der Waals surface area contributed by atoms with E-state index in [2.05, 4.69) is 5.32 Å². The van der Waals surface area contributed by atoms with E-state index in [9.17, 15) is 14.4 Å². The third-order valence-corrected chi connectivity index (χ3v) is 7.30. The van der Waals surface area contributed by atoms with Crippen LogP contribution in [0.25, 0.3) is 0 Å². The van der Waals surface area contributed by atoms with Crippen LogP contribution in [-0.2, 0) is 19.1 Å². The number of Topliss-reactive ketones (excluding diaryl/α,β-unsaturated/α-hetero) is 1. The summed E-state index contributed by atoms with van der Waals surface area (Å²) >= 11 is 0. The molecular formula is C24H22N2O5. The Bertz CT molecular complexity index is 1090. The first-order chi connectivity index (χ1) is 15.0. The summed E-state index contributed by atoms with van der Waals surface area (Å²) in [6, 6.07) is 11.8. The average molecular weight is 418 g/mol. The van der Waals surface area contributed by atoms with Gasteiger partial charge in [0.1, 0.15) is 17.1 Å². The topological polar surface area (TPSA) is 88.9 Å². The third-order valence-electron chi connectivity index (χ3n) is 7.30. The quantitative estimate of drug-likeness (QED) is 0.775. The minimum absolute atomic E-state index is 0.0723. The summed E-state index contributed by atoms with van der Waals surface area (Å²) in [5.41, 5.74) is -0.297. The monoisotopic (exact) mass is 418 g/mol. The van der Waals surface area contributed by atoms with E-state index in [0.29, 0.717) is 11.4 Å². The van der Waals surface area contributed by atoms with Crippen LogP contribution in [-0.4, -0.2) is 40.2 Å². The van der Waals surface area contributed by atoms with Gasteiger partial charge in [-0.2, -0.15) is 0 Å². The number of benzene rings is 1. The minimum atomic E-state index is -0.971. The second-order valence-corrected chi connectivity index (χ2v) is 8.83. The number of amides is 2. The summed E-state index contributed by atoms with van der Waals surface area (Å²) in [7, 11) is 0. The Balaban J connectivity index is 1.40. The molecule has 6 rings (SSSR count). The molecule has 1 N–H and O–H groups in total. The third kappa shape index (κ3) is 2.41. The molecule has 0 saturated carbocycles. The predicted molar refractivity (Wildman–Crippen MR) is 110 cm³/mol. The molecule has 3 fully saturated rings. The highest BCUT2D eigenvalue weighted by molar-refractivity contribution is 6.00. The highest BCUT2D eigenvalue weighted by Crippen LogP contribution is 2.59. The molecule has 2 bridgehead atoms. The van der Waals surface area contributed by atoms with Gasteiger partial charge in [0.25, 0.3) is 0 Å². The molecule has 7 atom stereocenters. The molecule has 0 radical (unpaired) electrons. The number of carbonyl (C=O) groups excluding carboxylic acids is 3. The lowest BCUT2D eigenvalue weighted by Crippen LogP contribution is -2.55. The Kier molecular flexibility index (Phi) is 3.84. The van der Waals surface area contributed by atoms with Crippen molar-refractivity contribution in [2.24, 2.45) is 17.8 Å². The van der Waals surface area contributed by atoms with Crippen LogP contribution in [0.3, 0.4) is 0 Å². The van der Waals surface area contributed by atoms with Crippen LogP contribution < -0.4 is 5.32 Å². The first-order valence-electron chi connectivity index (χ1n) is 10.6. The summed E-state index contributed by atoms with van der Waals surface area (Å²) in [6.45, 7) is 1.85. The lowest BCUT2D eigenvalue weighted by Gasteiger charge is -2.43. The number of para-hydroxylation sites is 1. The summed E-state index contributed by atoms with van der Waals surface area (Å²) in [5, 5.41) is 2.93. The van der Waals surface area contributed by atoms with E-state index in [4.69, 9.17) is 9.15 Å². The zero-order valence-electron chi connectivity index (χ0n) is 16.9. The number of piperidine rings is 1. The summed E-state index contributed by atoms with van der Waals surface area (Å²) < 4.78 is 11.9. The number of ketones is 1. The lowest BCUT2D eigenvalue weighted by molar-refractivity contribution is -0.147. The van der Waals surface area contributed by atoms with E-state index in [1.807, 2.05) is 49.4 Å². The van der Waals surface area contributed by atoms with Crippen LogP contribution >= 0.6 is 0 Å². The molecule has 5 heterocycles. The van der Waals surface area contributed by atoms with Crippen molar-refractivity contribution >= 4 is 23.3 Å². The van der Waals surface area contributed by atoms with E-state index in [-0.39, 0.29) is 29.9 Å².